The molecule has 0 unspecified atom stereocenters. The van der Waals surface area contributed by atoms with Crippen LogP contribution in [0.15, 0.2) is 48.5 Å². The number of carbonyl (C=O) groups is 4. The van der Waals surface area contributed by atoms with E-state index in [0.717, 1.165) is 4.90 Å². The predicted molar refractivity (Wildman–Crippen MR) is 91.7 cm³/mol. The van der Waals surface area contributed by atoms with E-state index in [1.807, 2.05) is 0 Å². The highest BCUT2D eigenvalue weighted by Crippen LogP contribution is 2.26. The Labute approximate surface area is 149 Å². The van der Waals surface area contributed by atoms with E-state index in [4.69, 9.17) is 0 Å². The van der Waals surface area contributed by atoms with E-state index in [1.54, 1.807) is 18.2 Å². The Kier molecular flexibility index (Phi) is 4.53. The van der Waals surface area contributed by atoms with Crippen LogP contribution in [-0.2, 0) is 9.59 Å². The monoisotopic (exact) mass is 351 g/mol. The summed E-state index contributed by atoms with van der Waals surface area (Å²) in [6.45, 7) is 1.41. The molecule has 1 saturated heterocycles. The first-order chi connectivity index (χ1) is 12.4. The highest BCUT2D eigenvalue weighted by Gasteiger charge is 2.39. The molecule has 0 saturated carbocycles. The van der Waals surface area contributed by atoms with Crippen molar-refractivity contribution in [3.63, 3.8) is 0 Å². The molecule has 2 amide bonds. The number of amides is 2. The number of nitrogens with one attached hydrogen (secondary N) is 1. The Balaban J connectivity index is 1.79. The first kappa shape index (κ1) is 17.3. The van der Waals surface area contributed by atoms with Gasteiger partial charge in [0.25, 0.3) is 5.91 Å². The number of rotatable bonds is 5. The van der Waals surface area contributed by atoms with Crippen LogP contribution in [0.2, 0.25) is 0 Å². The number of imide groups is 1. The molecule has 1 N–H and O–H groups in total. The zero-order valence-electron chi connectivity index (χ0n) is 13.9. The van der Waals surface area contributed by atoms with Crippen LogP contribution in [0.25, 0.3) is 0 Å². The Hall–Kier alpha value is -3.48. The number of carboxylic acids is 1. The number of carbonyl (C=O) groups excluding carboxylic acids is 4. The Bertz CT molecular complexity index is 904. The van der Waals surface area contributed by atoms with Crippen molar-refractivity contribution < 1.29 is 24.3 Å². The number of Topliss-reactive ketones (excluding diaryl/α,β-unsaturated/α-hetero) is 1. The molecular weight excluding hydrogens is 336 g/mol. The SMILES string of the molecule is CC(=O)c1cccc(N2C(=O)C[C@@H](Nc3ccc(C(=O)[O-])cc3)C2=O)c1. The summed E-state index contributed by atoms with van der Waals surface area (Å²) >= 11 is 0. The Morgan fingerprint density at radius 3 is 2.38 bits per heavy atom. The van der Waals surface area contributed by atoms with Gasteiger partial charge in [-0.3, -0.25) is 14.4 Å². The fourth-order valence-corrected chi connectivity index (χ4v) is 2.78. The summed E-state index contributed by atoms with van der Waals surface area (Å²) in [6.07, 6.45) is -0.0363. The number of ketones is 1. The molecule has 26 heavy (non-hydrogen) atoms. The van der Waals surface area contributed by atoms with E-state index >= 15 is 0 Å². The number of hydrogen-bond donors (Lipinski definition) is 1. The maximum Gasteiger partial charge on any atom is 0.256 e. The number of benzene rings is 2. The molecular formula is C19H15N2O5-. The van der Waals surface area contributed by atoms with Crippen LogP contribution in [0.1, 0.15) is 34.1 Å². The molecule has 1 aliphatic heterocycles. The predicted octanol–water partition coefficient (Wildman–Crippen LogP) is 0.997. The second kappa shape index (κ2) is 6.79. The van der Waals surface area contributed by atoms with Gasteiger partial charge >= 0.3 is 0 Å². The minimum atomic E-state index is -1.29. The van der Waals surface area contributed by atoms with Crippen molar-refractivity contribution in [2.24, 2.45) is 0 Å². The molecule has 0 aliphatic carbocycles. The molecule has 0 bridgehead atoms. The molecule has 2 aromatic carbocycles. The first-order valence-corrected chi connectivity index (χ1v) is 7.92. The maximum atomic E-state index is 12.6. The first-order valence-electron chi connectivity index (χ1n) is 7.92. The van der Waals surface area contributed by atoms with E-state index in [9.17, 15) is 24.3 Å². The number of nitrogens with zero attached hydrogens (tertiary/aromatic N) is 1. The molecule has 132 valence electrons. The molecule has 3 rings (SSSR count). The molecule has 1 aliphatic rings. The average molecular weight is 351 g/mol. The fourth-order valence-electron chi connectivity index (χ4n) is 2.78. The second-order valence-electron chi connectivity index (χ2n) is 5.94. The average Bonchev–Trinajstić information content (AvgIpc) is 2.89. The van der Waals surface area contributed by atoms with Gasteiger partial charge in [-0.25, -0.2) is 4.90 Å². The topological polar surface area (TPSA) is 107 Å². The quantitative estimate of drug-likeness (QED) is 0.636. The molecule has 0 aromatic heterocycles. The normalized spacial score (nSPS) is 16.7. The minimum Gasteiger partial charge on any atom is -0.545 e. The number of carboxylic acid groups (broad SMARTS) is 1. The summed E-state index contributed by atoms with van der Waals surface area (Å²) < 4.78 is 0. The van der Waals surface area contributed by atoms with Crippen LogP contribution in [0, 0.1) is 0 Å². The number of anilines is 2. The van der Waals surface area contributed by atoms with Crippen molar-refractivity contribution in [3.8, 4) is 0 Å². The van der Waals surface area contributed by atoms with Gasteiger partial charge in [0, 0.05) is 11.3 Å². The van der Waals surface area contributed by atoms with Crippen molar-refractivity contribution in [1.82, 2.24) is 0 Å². The Morgan fingerprint density at radius 1 is 1.08 bits per heavy atom. The molecule has 7 heteroatoms. The van der Waals surface area contributed by atoms with Crippen molar-refractivity contribution in [1.29, 1.82) is 0 Å². The van der Waals surface area contributed by atoms with E-state index in [-0.39, 0.29) is 23.7 Å². The summed E-state index contributed by atoms with van der Waals surface area (Å²) in [4.78, 5) is 48.3. The summed E-state index contributed by atoms with van der Waals surface area (Å²) in [7, 11) is 0. The highest BCUT2D eigenvalue weighted by molar-refractivity contribution is 6.23. The van der Waals surface area contributed by atoms with Gasteiger partial charge in [-0.2, -0.15) is 0 Å². The third kappa shape index (κ3) is 3.32. The third-order valence-electron chi connectivity index (χ3n) is 4.12. The van der Waals surface area contributed by atoms with Crippen molar-refractivity contribution in [3.05, 3.63) is 59.7 Å². The molecule has 1 fully saturated rings. The standard InChI is InChI=1S/C19H16N2O5/c1-11(22)13-3-2-4-15(9-13)21-17(23)10-16(18(21)24)20-14-7-5-12(6-8-14)19(25)26/h2-9,16,20H,10H2,1H3,(H,25,26)/p-1/t16-/m1/s1. The van der Waals surface area contributed by atoms with Crippen LogP contribution in [0.3, 0.4) is 0 Å². The molecule has 1 heterocycles. The zero-order chi connectivity index (χ0) is 18.8. The summed E-state index contributed by atoms with van der Waals surface area (Å²) in [5.74, 6) is -2.26. The van der Waals surface area contributed by atoms with Gasteiger partial charge in [-0.05, 0) is 36.8 Å². The lowest BCUT2D eigenvalue weighted by Crippen LogP contribution is -2.34. The summed E-state index contributed by atoms with van der Waals surface area (Å²) in [6, 6.07) is 11.3. The van der Waals surface area contributed by atoms with Crippen LogP contribution in [0.4, 0.5) is 11.4 Å². The van der Waals surface area contributed by atoms with Crippen LogP contribution < -0.4 is 15.3 Å². The van der Waals surface area contributed by atoms with Gasteiger partial charge in [0.2, 0.25) is 5.91 Å². The molecule has 0 radical (unpaired) electrons. The fraction of sp³-hybridized carbons (Fsp3) is 0.158. The van der Waals surface area contributed by atoms with Crippen LogP contribution in [0.5, 0.6) is 0 Å². The van der Waals surface area contributed by atoms with Gasteiger partial charge < -0.3 is 15.2 Å². The van der Waals surface area contributed by atoms with Gasteiger partial charge in [-0.1, -0.05) is 24.3 Å². The van der Waals surface area contributed by atoms with Crippen LogP contribution in [-0.4, -0.2) is 29.6 Å². The zero-order valence-corrected chi connectivity index (χ0v) is 13.9. The minimum absolute atomic E-state index is 0.0204. The largest absolute Gasteiger partial charge is 0.545 e. The molecule has 7 nitrogen and oxygen atoms in total. The van der Waals surface area contributed by atoms with E-state index in [1.165, 1.54) is 37.3 Å². The van der Waals surface area contributed by atoms with Gasteiger partial charge in [0.05, 0.1) is 18.1 Å². The molecule has 0 spiro atoms. The number of hydrogen-bond acceptors (Lipinski definition) is 6. The van der Waals surface area contributed by atoms with Gasteiger partial charge in [0.1, 0.15) is 6.04 Å². The maximum absolute atomic E-state index is 12.6. The lowest BCUT2D eigenvalue weighted by Gasteiger charge is -2.17. The van der Waals surface area contributed by atoms with Crippen molar-refractivity contribution in [2.75, 3.05) is 10.2 Å². The lowest BCUT2D eigenvalue weighted by molar-refractivity contribution is -0.255. The Morgan fingerprint density at radius 2 is 1.77 bits per heavy atom. The van der Waals surface area contributed by atoms with Gasteiger partial charge in [-0.15, -0.1) is 0 Å². The van der Waals surface area contributed by atoms with Crippen molar-refractivity contribution >= 4 is 34.9 Å². The van der Waals surface area contributed by atoms with Crippen molar-refractivity contribution in [2.45, 2.75) is 19.4 Å². The summed E-state index contributed by atoms with van der Waals surface area (Å²) in [5, 5.41) is 13.7. The molecule has 1 atom stereocenters. The lowest BCUT2D eigenvalue weighted by atomic mass is 10.1. The second-order valence-corrected chi connectivity index (χ2v) is 5.94. The van der Waals surface area contributed by atoms with Gasteiger partial charge in [0.15, 0.2) is 5.78 Å². The summed E-state index contributed by atoms with van der Waals surface area (Å²) in [5.41, 5.74) is 1.30. The smallest absolute Gasteiger partial charge is 0.256 e. The third-order valence-corrected chi connectivity index (χ3v) is 4.12. The van der Waals surface area contributed by atoms with E-state index < -0.39 is 17.9 Å². The number of aromatic carboxylic acids is 1. The van der Waals surface area contributed by atoms with Crippen LogP contribution >= 0.6 is 0 Å². The molecule has 2 aromatic rings. The van der Waals surface area contributed by atoms with E-state index in [0.29, 0.717) is 16.9 Å². The van der Waals surface area contributed by atoms with E-state index in [2.05, 4.69) is 5.32 Å². The highest BCUT2D eigenvalue weighted by atomic mass is 16.4.